The predicted molar refractivity (Wildman–Crippen MR) is 83.7 cm³/mol. The van der Waals surface area contributed by atoms with E-state index >= 15 is 0 Å². The third-order valence-electron chi connectivity index (χ3n) is 6.32. The maximum Gasteiger partial charge on any atom is 0.341 e. The largest absolute Gasteiger partial charge is 0.459 e. The molecule has 24 heavy (non-hydrogen) atoms. The van der Waals surface area contributed by atoms with Crippen LogP contribution in [0.4, 0.5) is 0 Å². The van der Waals surface area contributed by atoms with Gasteiger partial charge in [-0.2, -0.15) is 0 Å². The van der Waals surface area contributed by atoms with Crippen LogP contribution in [0.15, 0.2) is 11.6 Å². The Balaban J connectivity index is 1.99. The number of hydrogen-bond donors (Lipinski definition) is 2. The van der Waals surface area contributed by atoms with E-state index in [2.05, 4.69) is 7.05 Å². The molecule has 0 aliphatic carbocycles. The Morgan fingerprint density at radius 3 is 2.62 bits per heavy atom. The number of likely N-dealkylation sites (N-methyl/N-ethyl adjacent to an activating group) is 1. The molecule has 6 unspecified atom stereocenters. The van der Waals surface area contributed by atoms with E-state index in [-0.39, 0.29) is 18.8 Å². The number of cyclic esters (lactones) is 1. The molecule has 0 aromatic carbocycles. The van der Waals surface area contributed by atoms with E-state index in [1.54, 1.807) is 0 Å². The first-order valence-corrected chi connectivity index (χ1v) is 8.36. The fourth-order valence-electron chi connectivity index (χ4n) is 4.08. The van der Waals surface area contributed by atoms with E-state index in [0.717, 1.165) is 29.6 Å². The van der Waals surface area contributed by atoms with Gasteiger partial charge in [-0.25, -0.2) is 4.79 Å². The van der Waals surface area contributed by atoms with Crippen LogP contribution in [0.3, 0.4) is 0 Å². The molecule has 0 aromatic heterocycles. The summed E-state index contributed by atoms with van der Waals surface area (Å²) in [4.78, 5) is 24.9. The van der Waals surface area contributed by atoms with Crippen molar-refractivity contribution in [2.75, 3.05) is 26.7 Å². The Morgan fingerprint density at radius 1 is 1.29 bits per heavy atom. The summed E-state index contributed by atoms with van der Waals surface area (Å²) >= 11 is 0. The first-order valence-electron chi connectivity index (χ1n) is 8.36. The van der Waals surface area contributed by atoms with Gasteiger partial charge in [0.2, 0.25) is 0 Å². The van der Waals surface area contributed by atoms with E-state index < -0.39 is 29.1 Å². The standard InChI is InChI=1S/C17H26NO6/c1-10-14(19)24-12-6-8-18(4)7-5-11(13(12)18)9-23-15(20)17(3,22)16(10,2)21/h5,10,12-13,21-22H,6-9H2,1-4H3/q+1. The normalized spacial score (nSPS) is 48.9. The number of ether oxygens (including phenoxy) is 2. The zero-order chi connectivity index (χ0) is 17.9. The number of rotatable bonds is 0. The Hall–Kier alpha value is -1.44. The maximum atomic E-state index is 12.6. The minimum Gasteiger partial charge on any atom is -0.459 e. The molecular formula is C17H26NO6+. The molecule has 3 aliphatic rings. The van der Waals surface area contributed by atoms with Crippen LogP contribution in [-0.4, -0.2) is 76.7 Å². The van der Waals surface area contributed by atoms with Crippen LogP contribution >= 0.6 is 0 Å². The molecule has 3 aliphatic heterocycles. The molecule has 134 valence electrons. The fourth-order valence-corrected chi connectivity index (χ4v) is 4.08. The van der Waals surface area contributed by atoms with Gasteiger partial charge in [-0.3, -0.25) is 4.79 Å². The molecule has 0 aromatic rings. The number of quaternary nitrogens is 1. The summed E-state index contributed by atoms with van der Waals surface area (Å²) in [5.74, 6) is -2.63. The van der Waals surface area contributed by atoms with Gasteiger partial charge in [0, 0.05) is 12.0 Å². The van der Waals surface area contributed by atoms with E-state index in [1.165, 1.54) is 20.8 Å². The summed E-state index contributed by atoms with van der Waals surface area (Å²) in [6.45, 7) is 5.59. The monoisotopic (exact) mass is 340 g/mol. The van der Waals surface area contributed by atoms with Gasteiger partial charge >= 0.3 is 11.9 Å². The number of hydrogen-bond acceptors (Lipinski definition) is 6. The maximum absolute atomic E-state index is 12.6. The Bertz CT molecular complexity index is 610. The minimum absolute atomic E-state index is 0.0337. The molecule has 7 nitrogen and oxygen atoms in total. The van der Waals surface area contributed by atoms with Gasteiger partial charge in [0.1, 0.15) is 12.2 Å². The molecule has 0 bridgehead atoms. The highest BCUT2D eigenvalue weighted by Gasteiger charge is 2.58. The summed E-state index contributed by atoms with van der Waals surface area (Å²) < 4.78 is 11.7. The van der Waals surface area contributed by atoms with Gasteiger partial charge in [0.25, 0.3) is 0 Å². The summed E-state index contributed by atoms with van der Waals surface area (Å²) in [6, 6.07) is -0.0399. The van der Waals surface area contributed by atoms with Crippen molar-refractivity contribution in [1.29, 1.82) is 0 Å². The van der Waals surface area contributed by atoms with Gasteiger partial charge in [-0.15, -0.1) is 0 Å². The van der Waals surface area contributed by atoms with Crippen molar-refractivity contribution in [1.82, 2.24) is 0 Å². The van der Waals surface area contributed by atoms with Crippen LogP contribution in [0.25, 0.3) is 0 Å². The minimum atomic E-state index is -2.22. The van der Waals surface area contributed by atoms with Crippen molar-refractivity contribution in [3.05, 3.63) is 11.6 Å². The SMILES string of the molecule is CC1C(=O)OC2CC[N+]3(C)CC=C(COC(=O)C(C)(O)C1(C)O)C23. The molecule has 0 radical (unpaired) electrons. The van der Waals surface area contributed by atoms with Gasteiger partial charge in [-0.05, 0) is 26.8 Å². The highest BCUT2D eigenvalue weighted by molar-refractivity contribution is 5.83. The second-order valence-electron chi connectivity index (χ2n) is 7.89. The lowest BCUT2D eigenvalue weighted by atomic mass is 9.76. The van der Waals surface area contributed by atoms with Crippen LogP contribution in [-0.2, 0) is 19.1 Å². The van der Waals surface area contributed by atoms with Crippen molar-refractivity contribution in [2.24, 2.45) is 5.92 Å². The van der Waals surface area contributed by atoms with Crippen molar-refractivity contribution in [3.8, 4) is 0 Å². The topological polar surface area (TPSA) is 93.1 Å². The molecule has 0 saturated carbocycles. The van der Waals surface area contributed by atoms with Crippen LogP contribution in [0.2, 0.25) is 0 Å². The van der Waals surface area contributed by atoms with Crippen LogP contribution in [0.5, 0.6) is 0 Å². The smallest absolute Gasteiger partial charge is 0.341 e. The first kappa shape index (κ1) is 17.4. The van der Waals surface area contributed by atoms with E-state index in [4.69, 9.17) is 9.47 Å². The molecule has 7 heteroatoms. The molecule has 2 N–H and O–H groups in total. The van der Waals surface area contributed by atoms with Gasteiger partial charge in [0.15, 0.2) is 17.7 Å². The zero-order valence-corrected chi connectivity index (χ0v) is 14.6. The third-order valence-corrected chi connectivity index (χ3v) is 6.32. The van der Waals surface area contributed by atoms with Crippen molar-refractivity contribution in [3.63, 3.8) is 0 Å². The molecule has 0 amide bonds. The summed E-state index contributed by atoms with van der Waals surface area (Å²) in [5, 5.41) is 21.2. The summed E-state index contributed by atoms with van der Waals surface area (Å²) in [7, 11) is 2.10. The second kappa shape index (κ2) is 5.28. The van der Waals surface area contributed by atoms with Gasteiger partial charge in [-0.1, -0.05) is 0 Å². The van der Waals surface area contributed by atoms with E-state index in [0.29, 0.717) is 0 Å². The fraction of sp³-hybridized carbons (Fsp3) is 0.765. The number of aliphatic hydroxyl groups is 2. The third kappa shape index (κ3) is 2.29. The highest BCUT2D eigenvalue weighted by atomic mass is 16.6. The predicted octanol–water partition coefficient (Wildman–Crippen LogP) is -0.248. The molecule has 6 atom stereocenters. The zero-order valence-electron chi connectivity index (χ0n) is 14.6. The average Bonchev–Trinajstić information content (AvgIpc) is 2.99. The van der Waals surface area contributed by atoms with Gasteiger partial charge < -0.3 is 24.2 Å². The average molecular weight is 340 g/mol. The first-order chi connectivity index (χ1) is 11.0. The Morgan fingerprint density at radius 2 is 1.96 bits per heavy atom. The number of carbonyl (C=O) groups excluding carboxylic acids is 2. The summed E-state index contributed by atoms with van der Waals surface area (Å²) in [5.41, 5.74) is -3.32. The van der Waals surface area contributed by atoms with Crippen LogP contribution in [0, 0.1) is 5.92 Å². The lowest BCUT2D eigenvalue weighted by molar-refractivity contribution is -0.906. The molecule has 0 spiro atoms. The Kier molecular flexibility index (Phi) is 3.82. The number of carbonyl (C=O) groups is 2. The van der Waals surface area contributed by atoms with Crippen LogP contribution < -0.4 is 0 Å². The van der Waals surface area contributed by atoms with E-state index in [1.807, 2.05) is 6.08 Å². The quantitative estimate of drug-likeness (QED) is 0.359. The van der Waals surface area contributed by atoms with Crippen LogP contribution in [0.1, 0.15) is 27.2 Å². The molecule has 3 rings (SSSR count). The van der Waals surface area contributed by atoms with Crippen molar-refractivity contribution in [2.45, 2.75) is 50.5 Å². The lowest BCUT2D eigenvalue weighted by Crippen LogP contribution is -2.61. The summed E-state index contributed by atoms with van der Waals surface area (Å²) in [6.07, 6.45) is 2.44. The molecular weight excluding hydrogens is 314 g/mol. The van der Waals surface area contributed by atoms with Crippen molar-refractivity contribution >= 4 is 11.9 Å². The second-order valence-corrected chi connectivity index (χ2v) is 7.89. The number of esters is 2. The number of nitrogens with zero attached hydrogens (tertiary/aromatic N) is 1. The Labute approximate surface area is 141 Å². The van der Waals surface area contributed by atoms with Gasteiger partial charge in [0.05, 0.1) is 26.1 Å². The van der Waals surface area contributed by atoms with E-state index in [9.17, 15) is 19.8 Å². The molecule has 3 heterocycles. The van der Waals surface area contributed by atoms with Crippen molar-refractivity contribution < 1.29 is 33.8 Å². The highest BCUT2D eigenvalue weighted by Crippen LogP contribution is 2.39. The molecule has 2 saturated heterocycles. The molecule has 2 fully saturated rings. The lowest BCUT2D eigenvalue weighted by Gasteiger charge is -2.39.